The minimum atomic E-state index is -0.689. The molecule has 0 amide bonds. The summed E-state index contributed by atoms with van der Waals surface area (Å²) in [6.45, 7) is 0. The number of ketones is 1. The first-order chi connectivity index (χ1) is 13.1. The first kappa shape index (κ1) is 19.3. The Morgan fingerprint density at radius 2 is 2.04 bits per heavy atom. The van der Waals surface area contributed by atoms with Crippen molar-refractivity contribution in [2.24, 2.45) is 11.8 Å². The Balaban J connectivity index is 1.60. The van der Waals surface area contributed by atoms with Gasteiger partial charge in [-0.2, -0.15) is 0 Å². The number of ether oxygens (including phenoxy) is 1. The van der Waals surface area contributed by atoms with Gasteiger partial charge in [-0.3, -0.25) is 4.79 Å². The SMILES string of the molecule is COC(=O)c1ccc(CCC[C@@H]2C(=O)C[C@@H](O)[C@@H]2C#Cc2ccccc2)s1. The summed E-state index contributed by atoms with van der Waals surface area (Å²) in [5.74, 6) is 5.44. The van der Waals surface area contributed by atoms with E-state index in [2.05, 4.69) is 11.8 Å². The van der Waals surface area contributed by atoms with Gasteiger partial charge in [-0.25, -0.2) is 4.79 Å². The van der Waals surface area contributed by atoms with Crippen LogP contribution in [0.3, 0.4) is 0 Å². The van der Waals surface area contributed by atoms with Gasteiger partial charge in [0, 0.05) is 22.8 Å². The lowest BCUT2D eigenvalue weighted by Crippen LogP contribution is -2.19. The molecule has 0 saturated heterocycles. The third kappa shape index (κ3) is 4.85. The number of methoxy groups -OCH3 is 1. The molecular formula is C22H22O4S. The molecule has 1 aromatic heterocycles. The van der Waals surface area contributed by atoms with Crippen molar-refractivity contribution in [1.29, 1.82) is 0 Å². The van der Waals surface area contributed by atoms with Crippen LogP contribution in [0.4, 0.5) is 0 Å². The number of thiophene rings is 1. The van der Waals surface area contributed by atoms with Gasteiger partial charge < -0.3 is 9.84 Å². The van der Waals surface area contributed by atoms with Crippen molar-refractivity contribution in [3.8, 4) is 11.8 Å². The van der Waals surface area contributed by atoms with E-state index in [9.17, 15) is 14.7 Å². The van der Waals surface area contributed by atoms with E-state index >= 15 is 0 Å². The lowest BCUT2D eigenvalue weighted by atomic mass is 9.89. The Morgan fingerprint density at radius 1 is 1.26 bits per heavy atom. The number of aliphatic hydroxyl groups excluding tert-OH is 1. The van der Waals surface area contributed by atoms with Crippen molar-refractivity contribution in [2.45, 2.75) is 31.8 Å². The van der Waals surface area contributed by atoms with Crippen LogP contribution in [0.25, 0.3) is 0 Å². The first-order valence-electron chi connectivity index (χ1n) is 9.03. The zero-order chi connectivity index (χ0) is 19.2. The van der Waals surface area contributed by atoms with Crippen molar-refractivity contribution >= 4 is 23.1 Å². The number of carbonyl (C=O) groups excluding carboxylic acids is 2. The predicted molar refractivity (Wildman–Crippen MR) is 105 cm³/mol. The highest BCUT2D eigenvalue weighted by molar-refractivity contribution is 7.13. The number of carbonyl (C=O) groups is 2. The zero-order valence-electron chi connectivity index (χ0n) is 15.2. The molecule has 1 aliphatic carbocycles. The van der Waals surface area contributed by atoms with E-state index in [1.54, 1.807) is 6.07 Å². The number of hydrogen-bond acceptors (Lipinski definition) is 5. The van der Waals surface area contributed by atoms with Gasteiger partial charge in [0.2, 0.25) is 0 Å². The van der Waals surface area contributed by atoms with Crippen LogP contribution in [0.2, 0.25) is 0 Å². The second-order valence-electron chi connectivity index (χ2n) is 6.66. The van der Waals surface area contributed by atoms with Crippen molar-refractivity contribution < 1.29 is 19.4 Å². The molecule has 1 aromatic carbocycles. The molecule has 0 radical (unpaired) electrons. The number of aryl methyl sites for hydroxylation is 1. The fourth-order valence-electron chi connectivity index (χ4n) is 3.40. The topological polar surface area (TPSA) is 63.6 Å². The van der Waals surface area contributed by atoms with Gasteiger partial charge in [0.25, 0.3) is 0 Å². The van der Waals surface area contributed by atoms with Gasteiger partial charge in [-0.05, 0) is 43.5 Å². The summed E-state index contributed by atoms with van der Waals surface area (Å²) >= 11 is 1.42. The number of rotatable bonds is 5. The lowest BCUT2D eigenvalue weighted by molar-refractivity contribution is -0.121. The van der Waals surface area contributed by atoms with Crippen LogP contribution in [0, 0.1) is 23.7 Å². The monoisotopic (exact) mass is 382 g/mol. The predicted octanol–water partition coefficient (Wildman–Crippen LogP) is 3.48. The maximum atomic E-state index is 12.3. The van der Waals surface area contributed by atoms with Crippen molar-refractivity contribution in [2.75, 3.05) is 7.11 Å². The molecule has 27 heavy (non-hydrogen) atoms. The summed E-state index contributed by atoms with van der Waals surface area (Å²) in [7, 11) is 1.37. The van der Waals surface area contributed by atoms with E-state index in [0.29, 0.717) is 11.3 Å². The van der Waals surface area contributed by atoms with E-state index in [0.717, 1.165) is 23.3 Å². The Morgan fingerprint density at radius 3 is 2.78 bits per heavy atom. The molecular weight excluding hydrogens is 360 g/mol. The smallest absolute Gasteiger partial charge is 0.348 e. The Bertz CT molecular complexity index is 859. The zero-order valence-corrected chi connectivity index (χ0v) is 16.0. The Kier molecular flexibility index (Phi) is 6.44. The van der Waals surface area contributed by atoms with Crippen LogP contribution in [0.1, 0.15) is 39.4 Å². The van der Waals surface area contributed by atoms with Gasteiger partial charge >= 0.3 is 5.97 Å². The van der Waals surface area contributed by atoms with Gasteiger partial charge in [-0.1, -0.05) is 30.0 Å². The van der Waals surface area contributed by atoms with Crippen LogP contribution < -0.4 is 0 Å². The summed E-state index contributed by atoms with van der Waals surface area (Å²) in [5.41, 5.74) is 0.886. The highest BCUT2D eigenvalue weighted by Gasteiger charge is 2.40. The van der Waals surface area contributed by atoms with E-state index < -0.39 is 6.10 Å². The van der Waals surface area contributed by atoms with Crippen molar-refractivity contribution in [3.05, 3.63) is 57.8 Å². The van der Waals surface area contributed by atoms with Crippen molar-refractivity contribution in [1.82, 2.24) is 0 Å². The summed E-state index contributed by atoms with van der Waals surface area (Å²) < 4.78 is 4.72. The number of aliphatic hydroxyl groups is 1. The van der Waals surface area contributed by atoms with Crippen LogP contribution >= 0.6 is 11.3 Å². The van der Waals surface area contributed by atoms with Crippen LogP contribution in [0.5, 0.6) is 0 Å². The molecule has 3 atom stereocenters. The summed E-state index contributed by atoms with van der Waals surface area (Å²) in [5, 5.41) is 10.2. The van der Waals surface area contributed by atoms with E-state index in [-0.39, 0.29) is 30.0 Å². The van der Waals surface area contributed by atoms with Crippen molar-refractivity contribution in [3.63, 3.8) is 0 Å². The number of esters is 1. The molecule has 0 spiro atoms. The van der Waals surface area contributed by atoms with E-state index in [1.165, 1.54) is 18.4 Å². The minimum absolute atomic E-state index is 0.0938. The molecule has 0 unspecified atom stereocenters. The maximum Gasteiger partial charge on any atom is 0.348 e. The van der Waals surface area contributed by atoms with Gasteiger partial charge in [0.05, 0.1) is 19.1 Å². The van der Waals surface area contributed by atoms with Gasteiger partial charge in [-0.15, -0.1) is 11.3 Å². The fourth-order valence-corrected chi connectivity index (χ4v) is 4.36. The largest absolute Gasteiger partial charge is 0.465 e. The summed E-state index contributed by atoms with van der Waals surface area (Å²) in [4.78, 5) is 25.5. The standard InChI is InChI=1S/C22H22O4S/c1-26-22(25)21-13-11-16(27-21)8-5-9-17-18(20(24)14-19(17)23)12-10-15-6-3-2-4-7-15/h2-4,6-7,11,13,17-18,20,24H,5,8-9,14H2,1H3/t17-,18+,20+/m0/s1. The Hall–Kier alpha value is -2.42. The molecule has 1 N–H and O–H groups in total. The van der Waals surface area contributed by atoms with E-state index in [1.807, 2.05) is 36.4 Å². The highest BCUT2D eigenvalue weighted by Crippen LogP contribution is 2.33. The quantitative estimate of drug-likeness (QED) is 0.635. The third-order valence-corrected chi connectivity index (χ3v) is 5.94. The molecule has 1 fully saturated rings. The lowest BCUT2D eigenvalue weighted by Gasteiger charge is -2.15. The van der Waals surface area contributed by atoms with Gasteiger partial charge in [0.1, 0.15) is 10.7 Å². The number of hydrogen-bond donors (Lipinski definition) is 1. The molecule has 1 saturated carbocycles. The van der Waals surface area contributed by atoms with Gasteiger partial charge in [0.15, 0.2) is 0 Å². The minimum Gasteiger partial charge on any atom is -0.465 e. The normalized spacial score (nSPS) is 21.6. The number of Topliss-reactive ketones (excluding diaryl/α,β-unsaturated/α-hetero) is 1. The summed E-state index contributed by atoms with van der Waals surface area (Å²) in [6.07, 6.45) is 1.79. The molecule has 2 aromatic rings. The molecule has 0 aliphatic heterocycles. The number of benzene rings is 1. The fraction of sp³-hybridized carbons (Fsp3) is 0.364. The van der Waals surface area contributed by atoms with Crippen LogP contribution in [0.15, 0.2) is 42.5 Å². The third-order valence-electron chi connectivity index (χ3n) is 4.82. The van der Waals surface area contributed by atoms with Crippen LogP contribution in [-0.4, -0.2) is 30.1 Å². The molecule has 1 heterocycles. The molecule has 1 aliphatic rings. The molecule has 0 bridgehead atoms. The second kappa shape index (κ2) is 8.98. The average molecular weight is 382 g/mol. The molecule has 3 rings (SSSR count). The molecule has 4 nitrogen and oxygen atoms in total. The molecule has 140 valence electrons. The maximum absolute atomic E-state index is 12.3. The highest BCUT2D eigenvalue weighted by atomic mass is 32.1. The van der Waals surface area contributed by atoms with E-state index in [4.69, 9.17) is 4.74 Å². The van der Waals surface area contributed by atoms with Crippen LogP contribution in [-0.2, 0) is 16.0 Å². The first-order valence-corrected chi connectivity index (χ1v) is 9.84. The molecule has 5 heteroatoms. The average Bonchev–Trinajstić information content (AvgIpc) is 3.25. The second-order valence-corrected chi connectivity index (χ2v) is 7.82. The Labute approximate surface area is 163 Å². The summed E-state index contributed by atoms with van der Waals surface area (Å²) in [6, 6.07) is 13.3.